The van der Waals surface area contributed by atoms with E-state index in [2.05, 4.69) is 6.07 Å². The van der Waals surface area contributed by atoms with E-state index >= 15 is 0 Å². The molecule has 2 nitrogen and oxygen atoms in total. The number of carbonyl (C=O) groups excluding carboxylic acids is 1. The van der Waals surface area contributed by atoms with Gasteiger partial charge in [0.25, 0.3) is 0 Å². The van der Waals surface area contributed by atoms with E-state index in [1.54, 1.807) is 23.5 Å². The minimum atomic E-state index is -0.183. The van der Waals surface area contributed by atoms with Crippen LogP contribution in [0.5, 0.6) is 0 Å². The highest BCUT2D eigenvalue weighted by Gasteiger charge is 2.26. The van der Waals surface area contributed by atoms with Gasteiger partial charge in [0.15, 0.2) is 5.78 Å². The van der Waals surface area contributed by atoms with Gasteiger partial charge in [-0.05, 0) is 5.56 Å². The lowest BCUT2D eigenvalue weighted by molar-refractivity contribution is 0.0977. The van der Waals surface area contributed by atoms with Crippen molar-refractivity contribution in [1.29, 1.82) is 5.26 Å². The summed E-state index contributed by atoms with van der Waals surface area (Å²) in [6.45, 7) is 0. The molecular formula is C20H17NOS2. The first kappa shape index (κ1) is 16.9. The first-order valence-electron chi connectivity index (χ1n) is 7.82. The highest BCUT2D eigenvalue weighted by Crippen LogP contribution is 2.43. The van der Waals surface area contributed by atoms with Crippen LogP contribution >= 0.6 is 23.5 Å². The van der Waals surface area contributed by atoms with Crippen molar-refractivity contribution >= 4 is 29.3 Å². The molecule has 0 aliphatic carbocycles. The van der Waals surface area contributed by atoms with Gasteiger partial charge < -0.3 is 0 Å². The highest BCUT2D eigenvalue weighted by atomic mass is 32.2. The van der Waals surface area contributed by atoms with Crippen LogP contribution in [0.25, 0.3) is 0 Å². The molecule has 120 valence electrons. The highest BCUT2D eigenvalue weighted by molar-refractivity contribution is 8.25. The van der Waals surface area contributed by atoms with Crippen LogP contribution in [0, 0.1) is 11.3 Å². The number of ketones is 1. The molecule has 1 fully saturated rings. The van der Waals surface area contributed by atoms with Gasteiger partial charge in [0, 0.05) is 29.4 Å². The molecule has 1 saturated heterocycles. The van der Waals surface area contributed by atoms with Crippen molar-refractivity contribution in [2.75, 3.05) is 11.5 Å². The number of hydrogen-bond donors (Lipinski definition) is 0. The second kappa shape index (κ2) is 8.23. The van der Waals surface area contributed by atoms with Gasteiger partial charge in [0.1, 0.15) is 0 Å². The second-order valence-electron chi connectivity index (χ2n) is 5.47. The molecule has 4 heteroatoms. The smallest absolute Gasteiger partial charge is 0.163 e. The summed E-state index contributed by atoms with van der Waals surface area (Å²) < 4.78 is 1.08. The number of Topliss-reactive ketones (excluding diaryl/α,β-unsaturated/α-hetero) is 1. The van der Waals surface area contributed by atoms with Crippen molar-refractivity contribution in [2.45, 2.75) is 12.3 Å². The van der Waals surface area contributed by atoms with Gasteiger partial charge in [0.2, 0.25) is 0 Å². The van der Waals surface area contributed by atoms with Gasteiger partial charge in [-0.15, -0.1) is 23.5 Å². The fourth-order valence-electron chi connectivity index (χ4n) is 2.73. The monoisotopic (exact) mass is 351 g/mol. The Kier molecular flexibility index (Phi) is 5.79. The molecule has 0 aromatic heterocycles. The molecule has 1 aliphatic rings. The van der Waals surface area contributed by atoms with Gasteiger partial charge in [-0.25, -0.2) is 0 Å². The van der Waals surface area contributed by atoms with E-state index in [9.17, 15) is 10.1 Å². The third kappa shape index (κ3) is 3.92. The molecule has 0 amide bonds. The normalized spacial score (nSPS) is 14.9. The van der Waals surface area contributed by atoms with Gasteiger partial charge in [0.05, 0.1) is 15.9 Å². The fourth-order valence-corrected chi connectivity index (χ4v) is 5.29. The first-order valence-corrected chi connectivity index (χ1v) is 9.80. The van der Waals surface area contributed by atoms with Crippen LogP contribution in [0.2, 0.25) is 0 Å². The predicted octanol–water partition coefficient (Wildman–Crippen LogP) is 5.26. The number of benzene rings is 2. The Morgan fingerprint density at radius 3 is 2.17 bits per heavy atom. The number of nitrogens with zero attached hydrogens (tertiary/aromatic N) is 1. The van der Waals surface area contributed by atoms with Gasteiger partial charge in [-0.2, -0.15) is 5.26 Å². The summed E-state index contributed by atoms with van der Waals surface area (Å²) in [6.07, 6.45) is 0.321. The van der Waals surface area contributed by atoms with Crippen LogP contribution in [0.4, 0.5) is 0 Å². The topological polar surface area (TPSA) is 40.9 Å². The van der Waals surface area contributed by atoms with Gasteiger partial charge in [-0.1, -0.05) is 60.7 Å². The number of hydrogen-bond acceptors (Lipinski definition) is 4. The molecule has 3 rings (SSSR count). The Labute approximate surface area is 151 Å². The minimum absolute atomic E-state index is 0.0748. The van der Waals surface area contributed by atoms with E-state index in [4.69, 9.17) is 0 Å². The molecule has 0 saturated carbocycles. The molecule has 1 atom stereocenters. The summed E-state index contributed by atoms with van der Waals surface area (Å²) in [4.78, 5) is 12.7. The molecule has 2 aromatic carbocycles. The number of rotatable bonds is 5. The summed E-state index contributed by atoms with van der Waals surface area (Å²) in [5, 5.41) is 9.76. The number of thioether (sulfide) groups is 2. The summed E-state index contributed by atoms with van der Waals surface area (Å²) in [5.41, 5.74) is 2.46. The van der Waals surface area contributed by atoms with Crippen LogP contribution < -0.4 is 0 Å². The predicted molar refractivity (Wildman–Crippen MR) is 102 cm³/mol. The average Bonchev–Trinajstić information content (AvgIpc) is 3.17. The fraction of sp³-hybridized carbons (Fsp3) is 0.200. The summed E-state index contributed by atoms with van der Waals surface area (Å²) in [7, 11) is 0. The number of carbonyl (C=O) groups is 1. The average molecular weight is 351 g/mol. The number of allylic oxidation sites excluding steroid dienone is 1. The zero-order valence-electron chi connectivity index (χ0n) is 13.1. The van der Waals surface area contributed by atoms with Gasteiger partial charge >= 0.3 is 0 Å². The maximum absolute atomic E-state index is 12.7. The Morgan fingerprint density at radius 2 is 1.58 bits per heavy atom. The van der Waals surface area contributed by atoms with Gasteiger partial charge in [-0.3, -0.25) is 4.79 Å². The van der Waals surface area contributed by atoms with E-state index in [0.29, 0.717) is 12.0 Å². The Balaban J connectivity index is 1.96. The van der Waals surface area contributed by atoms with Crippen LogP contribution in [0.1, 0.15) is 28.3 Å². The molecule has 0 bridgehead atoms. The third-order valence-corrected chi connectivity index (χ3v) is 6.67. The van der Waals surface area contributed by atoms with E-state index in [-0.39, 0.29) is 11.7 Å². The third-order valence-electron chi connectivity index (χ3n) is 3.93. The zero-order valence-corrected chi connectivity index (χ0v) is 14.8. The van der Waals surface area contributed by atoms with E-state index < -0.39 is 0 Å². The first-order chi connectivity index (χ1) is 11.8. The van der Waals surface area contributed by atoms with Crippen LogP contribution in [0.15, 0.2) is 70.5 Å². The molecule has 1 aliphatic heterocycles. The van der Waals surface area contributed by atoms with Crippen molar-refractivity contribution in [3.8, 4) is 6.07 Å². The lowest BCUT2D eigenvalue weighted by Gasteiger charge is -2.17. The molecular weight excluding hydrogens is 334 g/mol. The van der Waals surface area contributed by atoms with E-state index in [1.807, 2.05) is 60.7 Å². The Hall–Kier alpha value is -1.96. The molecule has 0 spiro atoms. The molecule has 0 radical (unpaired) electrons. The summed E-state index contributed by atoms with van der Waals surface area (Å²) in [5.74, 6) is 1.95. The molecule has 24 heavy (non-hydrogen) atoms. The van der Waals surface area contributed by atoms with Crippen molar-refractivity contribution in [1.82, 2.24) is 0 Å². The lowest BCUT2D eigenvalue weighted by atomic mass is 9.86. The van der Waals surface area contributed by atoms with Crippen molar-refractivity contribution < 1.29 is 4.79 Å². The minimum Gasteiger partial charge on any atom is -0.294 e. The van der Waals surface area contributed by atoms with Crippen LogP contribution in [0.3, 0.4) is 0 Å². The van der Waals surface area contributed by atoms with Crippen molar-refractivity contribution in [2.24, 2.45) is 0 Å². The summed E-state index contributed by atoms with van der Waals surface area (Å²) >= 11 is 3.46. The van der Waals surface area contributed by atoms with Crippen LogP contribution in [-0.4, -0.2) is 17.3 Å². The molecule has 1 unspecified atom stereocenters. The SMILES string of the molecule is N#CC(=C1SCCS1)C(CC(=O)c1ccccc1)c1ccccc1. The quantitative estimate of drug-likeness (QED) is 0.544. The van der Waals surface area contributed by atoms with Crippen molar-refractivity contribution in [3.63, 3.8) is 0 Å². The lowest BCUT2D eigenvalue weighted by Crippen LogP contribution is -2.10. The largest absolute Gasteiger partial charge is 0.294 e. The molecule has 1 heterocycles. The number of nitriles is 1. The standard InChI is InChI=1S/C20H17NOS2/c21-14-18(20-23-11-12-24-20)17(15-7-3-1-4-8-15)13-19(22)16-9-5-2-6-10-16/h1-10,17H,11-13H2. The van der Waals surface area contributed by atoms with E-state index in [1.165, 1.54) is 0 Å². The Bertz CT molecular complexity index is 770. The zero-order chi connectivity index (χ0) is 16.8. The van der Waals surface area contributed by atoms with Crippen molar-refractivity contribution in [3.05, 3.63) is 81.6 Å². The summed E-state index contributed by atoms with van der Waals surface area (Å²) in [6, 6.07) is 21.6. The maximum Gasteiger partial charge on any atom is 0.163 e. The van der Waals surface area contributed by atoms with E-state index in [0.717, 1.165) is 26.9 Å². The van der Waals surface area contributed by atoms with Crippen LogP contribution in [-0.2, 0) is 0 Å². The second-order valence-corrected chi connectivity index (χ2v) is 7.94. The Morgan fingerprint density at radius 1 is 1.00 bits per heavy atom. The maximum atomic E-state index is 12.7. The molecule has 2 aromatic rings. The molecule has 0 N–H and O–H groups in total.